The predicted octanol–water partition coefficient (Wildman–Crippen LogP) is 3.68. The summed E-state index contributed by atoms with van der Waals surface area (Å²) in [6.45, 7) is 1.51. The number of para-hydroxylation sites is 2. The molecule has 5 heteroatoms. The number of Topliss-reactive ketones (excluding diaryl/α,β-unsaturated/α-hetero) is 1. The van der Waals surface area contributed by atoms with Crippen LogP contribution in [0, 0.1) is 0 Å². The highest BCUT2D eigenvalue weighted by atomic mass is 16.3. The van der Waals surface area contributed by atoms with Gasteiger partial charge >= 0.3 is 0 Å². The van der Waals surface area contributed by atoms with Crippen LogP contribution in [0.15, 0.2) is 59.1 Å². The molecule has 114 valence electrons. The Balaban J connectivity index is 1.83. The van der Waals surface area contributed by atoms with Gasteiger partial charge in [-0.25, -0.2) is 4.98 Å². The highest BCUT2D eigenvalue weighted by Gasteiger charge is 2.09. The van der Waals surface area contributed by atoms with E-state index in [1.54, 1.807) is 30.3 Å². The smallest absolute Gasteiger partial charge is 0.232 e. The molecule has 0 saturated carbocycles. The van der Waals surface area contributed by atoms with Crippen LogP contribution in [0.1, 0.15) is 23.2 Å². The normalized spacial score (nSPS) is 11.4. The lowest BCUT2D eigenvalue weighted by Crippen LogP contribution is -1.95. The van der Waals surface area contributed by atoms with Gasteiger partial charge in [-0.1, -0.05) is 12.1 Å². The van der Waals surface area contributed by atoms with Crippen molar-refractivity contribution < 1.29 is 14.0 Å². The van der Waals surface area contributed by atoms with Gasteiger partial charge < -0.3 is 9.73 Å². The molecule has 5 nitrogen and oxygen atoms in total. The van der Waals surface area contributed by atoms with Crippen LogP contribution < -0.4 is 5.32 Å². The zero-order valence-corrected chi connectivity index (χ0v) is 12.4. The second-order valence-corrected chi connectivity index (χ2v) is 4.98. The number of rotatable bonds is 5. The van der Waals surface area contributed by atoms with E-state index in [4.69, 9.17) is 4.42 Å². The first-order valence-electron chi connectivity index (χ1n) is 7.06. The molecule has 0 amide bonds. The van der Waals surface area contributed by atoms with Gasteiger partial charge in [0.1, 0.15) is 5.52 Å². The van der Waals surface area contributed by atoms with E-state index in [-0.39, 0.29) is 11.7 Å². The molecule has 1 N–H and O–H groups in total. The third kappa shape index (κ3) is 3.18. The van der Waals surface area contributed by atoms with Gasteiger partial charge in [0.2, 0.25) is 5.89 Å². The summed E-state index contributed by atoms with van der Waals surface area (Å²) in [5.74, 6) is 0.265. The molecule has 0 bridgehead atoms. The minimum Gasteiger partial charge on any atom is -0.436 e. The molecule has 0 saturated heterocycles. The summed E-state index contributed by atoms with van der Waals surface area (Å²) in [4.78, 5) is 26.8. The van der Waals surface area contributed by atoms with E-state index in [0.29, 0.717) is 28.5 Å². The molecule has 3 rings (SSSR count). The van der Waals surface area contributed by atoms with Gasteiger partial charge in [0.25, 0.3) is 0 Å². The monoisotopic (exact) mass is 306 g/mol. The summed E-state index contributed by atoms with van der Waals surface area (Å²) in [5, 5.41) is 3.00. The van der Waals surface area contributed by atoms with E-state index in [2.05, 4.69) is 10.3 Å². The van der Waals surface area contributed by atoms with Gasteiger partial charge in [-0.15, -0.1) is 0 Å². The first-order chi connectivity index (χ1) is 11.2. The van der Waals surface area contributed by atoms with Crippen molar-refractivity contribution in [2.75, 3.05) is 5.32 Å². The lowest BCUT2D eigenvalue weighted by molar-refractivity contribution is -0.103. The van der Waals surface area contributed by atoms with Crippen LogP contribution >= 0.6 is 0 Å². The molecule has 0 aliphatic rings. The molecule has 1 aromatic heterocycles. The van der Waals surface area contributed by atoms with Crippen LogP contribution in [0.2, 0.25) is 0 Å². The maximum Gasteiger partial charge on any atom is 0.232 e. The fraction of sp³-hybridized carbons (Fsp3) is 0.0556. The van der Waals surface area contributed by atoms with Crippen molar-refractivity contribution in [1.29, 1.82) is 0 Å². The summed E-state index contributed by atoms with van der Waals surface area (Å²) in [5.41, 5.74) is 3.01. The number of anilines is 1. The topological polar surface area (TPSA) is 72.2 Å². The van der Waals surface area contributed by atoms with Crippen LogP contribution in [0.4, 0.5) is 5.69 Å². The molecule has 2 aromatic carbocycles. The number of hydrogen-bond acceptors (Lipinski definition) is 5. The average Bonchev–Trinajstić information content (AvgIpc) is 2.99. The number of nitrogens with zero attached hydrogens (tertiary/aromatic N) is 1. The van der Waals surface area contributed by atoms with Gasteiger partial charge in [0.15, 0.2) is 17.7 Å². The SMILES string of the molecule is CC(=O)c1ccc(NC=C(C=O)c2nc3ccccc3o2)cc1. The number of oxazole rings is 1. The molecular weight excluding hydrogens is 292 g/mol. The molecule has 3 aromatic rings. The number of allylic oxidation sites excluding steroid dienone is 1. The van der Waals surface area contributed by atoms with E-state index in [9.17, 15) is 9.59 Å². The number of fused-ring (bicyclic) bond motifs is 1. The molecule has 23 heavy (non-hydrogen) atoms. The van der Waals surface area contributed by atoms with Crippen molar-refractivity contribution in [3.8, 4) is 0 Å². The Hall–Kier alpha value is -3.21. The number of aromatic nitrogens is 1. The lowest BCUT2D eigenvalue weighted by Gasteiger charge is -2.02. The second-order valence-electron chi connectivity index (χ2n) is 4.98. The number of carbonyl (C=O) groups is 2. The van der Waals surface area contributed by atoms with E-state index >= 15 is 0 Å². The Bertz CT molecular complexity index is 859. The van der Waals surface area contributed by atoms with Crippen molar-refractivity contribution in [3.63, 3.8) is 0 Å². The first-order valence-corrected chi connectivity index (χ1v) is 7.06. The summed E-state index contributed by atoms with van der Waals surface area (Å²) in [6, 6.07) is 14.3. The minimum atomic E-state index is 0.00662. The molecule has 1 heterocycles. The van der Waals surface area contributed by atoms with E-state index in [0.717, 1.165) is 5.69 Å². The van der Waals surface area contributed by atoms with E-state index in [1.165, 1.54) is 13.1 Å². The summed E-state index contributed by atoms with van der Waals surface area (Å²) in [7, 11) is 0. The molecule has 0 unspecified atom stereocenters. The van der Waals surface area contributed by atoms with Gasteiger partial charge in [-0.3, -0.25) is 9.59 Å². The Labute approximate surface area is 132 Å². The van der Waals surface area contributed by atoms with E-state index < -0.39 is 0 Å². The molecule has 0 atom stereocenters. The maximum absolute atomic E-state index is 11.3. The Morgan fingerprint density at radius 1 is 1.13 bits per heavy atom. The number of benzene rings is 2. The van der Waals surface area contributed by atoms with Crippen molar-refractivity contribution in [1.82, 2.24) is 4.98 Å². The van der Waals surface area contributed by atoms with Crippen molar-refractivity contribution in [2.45, 2.75) is 6.92 Å². The van der Waals surface area contributed by atoms with Crippen LogP contribution in [0.25, 0.3) is 16.7 Å². The van der Waals surface area contributed by atoms with Gasteiger partial charge in [0, 0.05) is 17.5 Å². The fourth-order valence-electron chi connectivity index (χ4n) is 2.10. The van der Waals surface area contributed by atoms with Gasteiger partial charge in [0.05, 0.1) is 5.57 Å². The molecule has 0 aliphatic carbocycles. The number of ketones is 1. The number of hydrogen-bond donors (Lipinski definition) is 1. The lowest BCUT2D eigenvalue weighted by atomic mass is 10.1. The summed E-state index contributed by atoms with van der Waals surface area (Å²) in [6.07, 6.45) is 2.21. The van der Waals surface area contributed by atoms with Crippen molar-refractivity contribution in [2.24, 2.45) is 0 Å². The highest BCUT2D eigenvalue weighted by Crippen LogP contribution is 2.20. The highest BCUT2D eigenvalue weighted by molar-refractivity contribution is 6.06. The van der Waals surface area contributed by atoms with E-state index in [1.807, 2.05) is 18.2 Å². The Morgan fingerprint density at radius 2 is 1.87 bits per heavy atom. The van der Waals surface area contributed by atoms with Crippen molar-refractivity contribution >= 4 is 34.4 Å². The zero-order chi connectivity index (χ0) is 16.2. The maximum atomic E-state index is 11.3. The van der Waals surface area contributed by atoms with Crippen LogP contribution in [-0.2, 0) is 4.79 Å². The number of carbonyl (C=O) groups excluding carboxylic acids is 2. The summed E-state index contributed by atoms with van der Waals surface area (Å²) < 4.78 is 5.56. The molecule has 0 fully saturated rings. The fourth-order valence-corrected chi connectivity index (χ4v) is 2.10. The standard InChI is InChI=1S/C18H14N2O3/c1-12(22)13-6-8-15(9-7-13)19-10-14(11-21)18-20-16-4-2-3-5-17(16)23-18/h2-11,19H,1H3. The Morgan fingerprint density at radius 3 is 2.52 bits per heavy atom. The molecule has 0 radical (unpaired) electrons. The van der Waals surface area contributed by atoms with Crippen LogP contribution in [0.3, 0.4) is 0 Å². The third-order valence-corrected chi connectivity index (χ3v) is 3.35. The van der Waals surface area contributed by atoms with Crippen molar-refractivity contribution in [3.05, 3.63) is 66.2 Å². The first kappa shape index (κ1) is 14.7. The number of nitrogens with one attached hydrogen (secondary N) is 1. The van der Waals surface area contributed by atoms with Crippen LogP contribution in [-0.4, -0.2) is 17.1 Å². The molecule has 0 aliphatic heterocycles. The Kier molecular flexibility index (Phi) is 4.01. The van der Waals surface area contributed by atoms with Gasteiger partial charge in [-0.05, 0) is 43.3 Å². The quantitative estimate of drug-likeness (QED) is 0.442. The van der Waals surface area contributed by atoms with Crippen LogP contribution in [0.5, 0.6) is 0 Å². The second kappa shape index (κ2) is 6.27. The van der Waals surface area contributed by atoms with Gasteiger partial charge in [-0.2, -0.15) is 0 Å². The molecule has 0 spiro atoms. The predicted molar refractivity (Wildman–Crippen MR) is 88.1 cm³/mol. The third-order valence-electron chi connectivity index (χ3n) is 3.35. The largest absolute Gasteiger partial charge is 0.436 e. The summed E-state index contributed by atoms with van der Waals surface area (Å²) >= 11 is 0. The number of aldehydes is 1. The minimum absolute atomic E-state index is 0.00662. The zero-order valence-electron chi connectivity index (χ0n) is 12.4. The average molecular weight is 306 g/mol. The molecular formula is C18H14N2O3.